The van der Waals surface area contributed by atoms with Gasteiger partial charge in [0.15, 0.2) is 6.10 Å². The minimum atomic E-state index is -1.07. The second-order valence-corrected chi connectivity index (χ2v) is 10.1. The van der Waals surface area contributed by atoms with E-state index in [2.05, 4.69) is 74.3 Å². The summed E-state index contributed by atoms with van der Waals surface area (Å²) in [5, 5.41) is 10.3. The maximum absolute atomic E-state index is 12.6. The van der Waals surface area contributed by atoms with Crippen LogP contribution in [0.15, 0.2) is 48.5 Å². The van der Waals surface area contributed by atoms with E-state index in [0.29, 0.717) is 0 Å². The van der Waals surface area contributed by atoms with Crippen molar-refractivity contribution in [2.24, 2.45) is 0 Å². The van der Waals surface area contributed by atoms with Gasteiger partial charge in [0, 0.05) is 30.4 Å². The van der Waals surface area contributed by atoms with Crippen LogP contribution in [0.4, 0.5) is 5.69 Å². The summed E-state index contributed by atoms with van der Waals surface area (Å²) in [4.78, 5) is 14.8. The van der Waals surface area contributed by atoms with Crippen molar-refractivity contribution in [2.75, 3.05) is 11.9 Å². The number of aliphatic carboxylic acids is 1. The first-order valence-corrected chi connectivity index (χ1v) is 11.4. The number of aryl methyl sites for hydroxylation is 1. The Labute approximate surface area is 196 Å². The van der Waals surface area contributed by atoms with Gasteiger partial charge in [0.05, 0.1) is 5.60 Å². The first-order chi connectivity index (χ1) is 15.5. The zero-order chi connectivity index (χ0) is 24.1. The predicted molar refractivity (Wildman–Crippen MR) is 135 cm³/mol. The standard InChI is InChI=1S/C29H33NO3/c1-17-12-14-20(15-13-17)23-18(2)24-22-11-9-8-10-21(22)16-30(7)26(24)19(3)25(23)27(28(31)32)33-29(4,5)6/h8-15,27H,16H2,1-7H3,(H,31,32). The van der Waals surface area contributed by atoms with Crippen LogP contribution in [0.2, 0.25) is 0 Å². The summed E-state index contributed by atoms with van der Waals surface area (Å²) in [5.41, 5.74) is 10.0. The topological polar surface area (TPSA) is 49.8 Å². The second kappa shape index (κ2) is 8.35. The Morgan fingerprint density at radius 1 is 0.970 bits per heavy atom. The fourth-order valence-electron chi connectivity index (χ4n) is 5.06. The molecule has 33 heavy (non-hydrogen) atoms. The number of fused-ring (bicyclic) bond motifs is 3. The molecule has 0 radical (unpaired) electrons. The van der Waals surface area contributed by atoms with Crippen molar-refractivity contribution in [1.29, 1.82) is 0 Å². The van der Waals surface area contributed by atoms with Crippen molar-refractivity contribution in [2.45, 2.75) is 59.8 Å². The number of rotatable bonds is 4. The van der Waals surface area contributed by atoms with Crippen LogP contribution in [0.5, 0.6) is 0 Å². The Morgan fingerprint density at radius 2 is 1.61 bits per heavy atom. The summed E-state index contributed by atoms with van der Waals surface area (Å²) in [6.07, 6.45) is -1.07. The number of benzene rings is 3. The molecule has 3 aromatic rings. The van der Waals surface area contributed by atoms with Crippen LogP contribution in [-0.4, -0.2) is 23.7 Å². The monoisotopic (exact) mass is 443 g/mol. The lowest BCUT2D eigenvalue weighted by Crippen LogP contribution is -2.30. The second-order valence-electron chi connectivity index (χ2n) is 10.1. The third-order valence-electron chi connectivity index (χ3n) is 6.39. The molecule has 0 saturated heterocycles. The van der Waals surface area contributed by atoms with Crippen molar-refractivity contribution in [3.8, 4) is 22.3 Å². The van der Waals surface area contributed by atoms with Gasteiger partial charge in [0.2, 0.25) is 0 Å². The van der Waals surface area contributed by atoms with E-state index in [1.54, 1.807) is 0 Å². The fraction of sp³-hybridized carbons (Fsp3) is 0.345. The number of ether oxygens (including phenoxy) is 1. The Hall–Kier alpha value is -3.11. The molecule has 0 aliphatic carbocycles. The number of anilines is 1. The van der Waals surface area contributed by atoms with Crippen molar-refractivity contribution in [3.05, 3.63) is 76.3 Å². The smallest absolute Gasteiger partial charge is 0.337 e. The van der Waals surface area contributed by atoms with E-state index in [9.17, 15) is 9.90 Å². The number of carboxylic acid groups (broad SMARTS) is 1. The number of carbonyl (C=O) groups is 1. The summed E-state index contributed by atoms with van der Waals surface area (Å²) >= 11 is 0. The van der Waals surface area contributed by atoms with Crippen molar-refractivity contribution < 1.29 is 14.6 Å². The minimum Gasteiger partial charge on any atom is -0.479 e. The molecule has 0 saturated carbocycles. The highest BCUT2D eigenvalue weighted by molar-refractivity contribution is 5.96. The van der Waals surface area contributed by atoms with Crippen LogP contribution in [0.1, 0.15) is 54.7 Å². The summed E-state index contributed by atoms with van der Waals surface area (Å²) < 4.78 is 6.18. The van der Waals surface area contributed by atoms with E-state index in [-0.39, 0.29) is 0 Å². The normalized spacial score (nSPS) is 14.0. The predicted octanol–water partition coefficient (Wildman–Crippen LogP) is 6.84. The molecular formula is C29H33NO3. The lowest BCUT2D eigenvalue weighted by molar-refractivity contribution is -0.160. The van der Waals surface area contributed by atoms with Crippen LogP contribution in [0.3, 0.4) is 0 Å². The highest BCUT2D eigenvalue weighted by Crippen LogP contribution is 2.50. The van der Waals surface area contributed by atoms with E-state index in [1.807, 2.05) is 27.7 Å². The summed E-state index contributed by atoms with van der Waals surface area (Å²) in [6.45, 7) is 12.7. The maximum Gasteiger partial charge on any atom is 0.337 e. The van der Waals surface area contributed by atoms with E-state index >= 15 is 0 Å². The summed E-state index contributed by atoms with van der Waals surface area (Å²) in [5.74, 6) is -0.973. The molecule has 1 aliphatic heterocycles. The van der Waals surface area contributed by atoms with Crippen molar-refractivity contribution in [1.82, 2.24) is 0 Å². The van der Waals surface area contributed by atoms with Crippen LogP contribution in [0.25, 0.3) is 22.3 Å². The largest absolute Gasteiger partial charge is 0.479 e. The van der Waals surface area contributed by atoms with Crippen LogP contribution < -0.4 is 4.90 Å². The third-order valence-corrected chi connectivity index (χ3v) is 6.39. The molecule has 0 aromatic heterocycles. The first kappa shape index (κ1) is 23.1. The van der Waals surface area contributed by atoms with Gasteiger partial charge in [0.25, 0.3) is 0 Å². The lowest BCUT2D eigenvalue weighted by atomic mass is 9.79. The molecule has 4 rings (SSSR count). The Kier molecular flexibility index (Phi) is 5.83. The molecule has 1 unspecified atom stereocenters. The molecule has 0 amide bonds. The molecule has 1 heterocycles. The molecule has 1 aliphatic rings. The van der Waals surface area contributed by atoms with Gasteiger partial charge in [-0.05, 0) is 74.9 Å². The average molecular weight is 444 g/mol. The summed E-state index contributed by atoms with van der Waals surface area (Å²) in [7, 11) is 2.08. The van der Waals surface area contributed by atoms with Gasteiger partial charge < -0.3 is 14.7 Å². The number of carboxylic acids is 1. The minimum absolute atomic E-state index is 0.609. The van der Waals surface area contributed by atoms with Gasteiger partial charge in [-0.1, -0.05) is 54.1 Å². The average Bonchev–Trinajstić information content (AvgIpc) is 2.74. The molecular weight excluding hydrogens is 410 g/mol. The maximum atomic E-state index is 12.6. The van der Waals surface area contributed by atoms with Gasteiger partial charge in [-0.2, -0.15) is 0 Å². The van der Waals surface area contributed by atoms with Gasteiger partial charge in [-0.25, -0.2) is 4.79 Å². The quantitative estimate of drug-likeness (QED) is 0.480. The number of nitrogens with zero attached hydrogens (tertiary/aromatic N) is 1. The molecule has 4 heteroatoms. The summed E-state index contributed by atoms with van der Waals surface area (Å²) in [6, 6.07) is 16.8. The van der Waals surface area contributed by atoms with E-state index in [0.717, 1.165) is 40.0 Å². The van der Waals surface area contributed by atoms with E-state index < -0.39 is 17.7 Å². The Balaban J connectivity index is 2.13. The molecule has 172 valence electrons. The fourth-order valence-corrected chi connectivity index (χ4v) is 5.06. The molecule has 1 atom stereocenters. The van der Waals surface area contributed by atoms with E-state index in [1.165, 1.54) is 22.3 Å². The molecule has 0 bridgehead atoms. The van der Waals surface area contributed by atoms with Gasteiger partial charge in [-0.3, -0.25) is 0 Å². The molecule has 1 N–H and O–H groups in total. The molecule has 0 spiro atoms. The van der Waals surface area contributed by atoms with E-state index in [4.69, 9.17) is 4.74 Å². The molecule has 3 aromatic carbocycles. The van der Waals surface area contributed by atoms with Gasteiger partial charge >= 0.3 is 5.97 Å². The zero-order valence-corrected chi connectivity index (χ0v) is 20.6. The van der Waals surface area contributed by atoms with Crippen LogP contribution in [0, 0.1) is 20.8 Å². The van der Waals surface area contributed by atoms with Gasteiger partial charge in [-0.15, -0.1) is 0 Å². The van der Waals surface area contributed by atoms with Crippen LogP contribution in [-0.2, 0) is 16.1 Å². The molecule has 4 nitrogen and oxygen atoms in total. The lowest BCUT2D eigenvalue weighted by Gasteiger charge is -2.36. The van der Waals surface area contributed by atoms with Gasteiger partial charge in [0.1, 0.15) is 0 Å². The first-order valence-electron chi connectivity index (χ1n) is 11.4. The SMILES string of the molecule is Cc1ccc(-c2c(C)c3c(c(C)c2C(OC(C)(C)C)C(=O)O)N(C)Cc2ccccc2-3)cc1. The zero-order valence-electron chi connectivity index (χ0n) is 20.6. The number of hydrogen-bond donors (Lipinski definition) is 1. The Bertz CT molecular complexity index is 1220. The Morgan fingerprint density at radius 3 is 2.21 bits per heavy atom. The highest BCUT2D eigenvalue weighted by atomic mass is 16.5. The highest BCUT2D eigenvalue weighted by Gasteiger charge is 2.35. The van der Waals surface area contributed by atoms with Crippen molar-refractivity contribution >= 4 is 11.7 Å². The van der Waals surface area contributed by atoms with Crippen LogP contribution >= 0.6 is 0 Å². The third kappa shape index (κ3) is 4.16. The molecule has 0 fully saturated rings. The number of hydrogen-bond acceptors (Lipinski definition) is 3. The van der Waals surface area contributed by atoms with Crippen molar-refractivity contribution in [3.63, 3.8) is 0 Å².